The lowest BCUT2D eigenvalue weighted by Crippen LogP contribution is -2.51. The summed E-state index contributed by atoms with van der Waals surface area (Å²) in [6.07, 6.45) is 0.679. The number of alkyl carbamates (subject to hydrolysis) is 1. The fraction of sp³-hybridized carbons (Fsp3) is 0.357. The first kappa shape index (κ1) is 25.2. The van der Waals surface area contributed by atoms with Crippen LogP contribution >= 0.6 is 0 Å². The van der Waals surface area contributed by atoms with Crippen LogP contribution in [0.1, 0.15) is 31.9 Å². The minimum atomic E-state index is -0.594. The highest BCUT2D eigenvalue weighted by Crippen LogP contribution is 2.17. The number of carbonyl (C=O) groups excluding carboxylic acids is 2. The minimum absolute atomic E-state index is 0.0921. The molecule has 0 heterocycles. The molecule has 3 aromatic carbocycles. The molecule has 6 heteroatoms. The van der Waals surface area contributed by atoms with Crippen molar-refractivity contribution in [2.24, 2.45) is 0 Å². The first-order valence-corrected chi connectivity index (χ1v) is 11.7. The Morgan fingerprint density at radius 3 is 2.21 bits per heavy atom. The summed E-state index contributed by atoms with van der Waals surface area (Å²) in [6, 6.07) is 23.7. The van der Waals surface area contributed by atoms with Crippen LogP contribution in [0.5, 0.6) is 0 Å². The Morgan fingerprint density at radius 2 is 1.53 bits per heavy atom. The summed E-state index contributed by atoms with van der Waals surface area (Å²) < 4.78 is 5.49. The van der Waals surface area contributed by atoms with Crippen LogP contribution in [0.4, 0.5) is 4.79 Å². The van der Waals surface area contributed by atoms with E-state index in [0.717, 1.165) is 16.5 Å². The third kappa shape index (κ3) is 7.89. The van der Waals surface area contributed by atoms with Gasteiger partial charge in [-0.15, -0.1) is 0 Å². The lowest BCUT2D eigenvalue weighted by Gasteiger charge is -2.26. The van der Waals surface area contributed by atoms with Crippen LogP contribution in [-0.4, -0.2) is 43.3 Å². The maximum atomic E-state index is 12.6. The van der Waals surface area contributed by atoms with Crippen LogP contribution in [0.2, 0.25) is 0 Å². The molecular formula is C28H35N3O3. The van der Waals surface area contributed by atoms with Crippen LogP contribution in [0.3, 0.4) is 0 Å². The van der Waals surface area contributed by atoms with E-state index in [1.807, 2.05) is 63.2 Å². The number of fused-ring (bicyclic) bond motifs is 1. The van der Waals surface area contributed by atoms with Crippen molar-refractivity contribution in [3.05, 3.63) is 83.9 Å². The zero-order valence-corrected chi connectivity index (χ0v) is 20.4. The van der Waals surface area contributed by atoms with Crippen molar-refractivity contribution in [2.75, 3.05) is 13.6 Å². The molecule has 0 spiro atoms. The molecule has 0 aliphatic heterocycles. The highest BCUT2D eigenvalue weighted by Gasteiger charge is 2.23. The van der Waals surface area contributed by atoms with Crippen molar-refractivity contribution < 1.29 is 14.3 Å². The second-order valence-corrected chi connectivity index (χ2v) is 9.49. The summed E-state index contributed by atoms with van der Waals surface area (Å²) in [7, 11) is 1.63. The van der Waals surface area contributed by atoms with E-state index in [-0.39, 0.29) is 11.9 Å². The summed E-state index contributed by atoms with van der Waals surface area (Å²) in [5, 5.41) is 11.4. The van der Waals surface area contributed by atoms with Crippen LogP contribution < -0.4 is 16.0 Å². The summed E-state index contributed by atoms with van der Waals surface area (Å²) in [4.78, 5) is 25.1. The van der Waals surface area contributed by atoms with E-state index in [0.29, 0.717) is 19.4 Å². The van der Waals surface area contributed by atoms with E-state index >= 15 is 0 Å². The Labute approximate surface area is 202 Å². The molecule has 3 rings (SSSR count). The molecule has 0 aromatic heterocycles. The van der Waals surface area contributed by atoms with Gasteiger partial charge < -0.3 is 20.7 Å². The molecule has 180 valence electrons. The molecule has 0 saturated carbocycles. The molecule has 2 amide bonds. The topological polar surface area (TPSA) is 79.5 Å². The number of hydrogen-bond acceptors (Lipinski definition) is 4. The van der Waals surface area contributed by atoms with Gasteiger partial charge in [0.05, 0.1) is 6.04 Å². The van der Waals surface area contributed by atoms with Crippen molar-refractivity contribution in [1.29, 1.82) is 0 Å². The van der Waals surface area contributed by atoms with Crippen molar-refractivity contribution in [3.63, 3.8) is 0 Å². The Hall–Kier alpha value is -3.38. The second kappa shape index (κ2) is 11.7. The summed E-state index contributed by atoms with van der Waals surface area (Å²) in [6.45, 7) is 5.93. The van der Waals surface area contributed by atoms with Gasteiger partial charge in [-0.2, -0.15) is 0 Å². The number of ether oxygens (including phenoxy) is 1. The Kier molecular flexibility index (Phi) is 8.66. The highest BCUT2D eigenvalue weighted by molar-refractivity contribution is 5.83. The first-order valence-electron chi connectivity index (χ1n) is 11.7. The SMILES string of the molecule is CNC(=O)C(Cc1ccccc1)NC[C@@H](Cc1ccc2ccccc2c1)NC(=O)OC(C)(C)C. The normalized spacial score (nSPS) is 13.2. The molecule has 0 radical (unpaired) electrons. The van der Waals surface area contributed by atoms with Gasteiger partial charge in [0, 0.05) is 19.6 Å². The standard InChI is InChI=1S/C28H35N3O3/c1-28(2,3)34-27(33)31-24(17-21-14-15-22-12-8-9-13-23(22)16-21)19-30-25(26(32)29-4)18-20-10-6-5-7-11-20/h5-16,24-25,30H,17-19H2,1-4H3,(H,29,32)(H,31,33)/t24-,25?/m1/s1. The quantitative estimate of drug-likeness (QED) is 0.446. The number of carbonyl (C=O) groups is 2. The molecule has 1 unspecified atom stereocenters. The van der Waals surface area contributed by atoms with Gasteiger partial charge in [-0.05, 0) is 55.5 Å². The third-order valence-electron chi connectivity index (χ3n) is 5.47. The van der Waals surface area contributed by atoms with Gasteiger partial charge in [-0.25, -0.2) is 4.79 Å². The number of hydrogen-bond donors (Lipinski definition) is 3. The molecule has 0 fully saturated rings. The number of likely N-dealkylation sites (N-methyl/N-ethyl adjacent to an activating group) is 1. The maximum absolute atomic E-state index is 12.6. The van der Waals surface area contributed by atoms with E-state index < -0.39 is 17.7 Å². The first-order chi connectivity index (χ1) is 16.2. The second-order valence-electron chi connectivity index (χ2n) is 9.49. The minimum Gasteiger partial charge on any atom is -0.444 e. The Bertz CT molecular complexity index is 1090. The molecule has 0 aliphatic rings. The highest BCUT2D eigenvalue weighted by atomic mass is 16.6. The van der Waals surface area contributed by atoms with Crippen LogP contribution in [-0.2, 0) is 22.4 Å². The molecule has 2 atom stereocenters. The monoisotopic (exact) mass is 461 g/mol. The summed E-state index contributed by atoms with van der Waals surface area (Å²) in [5.41, 5.74) is 1.57. The molecule has 3 N–H and O–H groups in total. The van der Waals surface area contributed by atoms with Gasteiger partial charge in [0.15, 0.2) is 0 Å². The van der Waals surface area contributed by atoms with Crippen LogP contribution in [0.25, 0.3) is 10.8 Å². The van der Waals surface area contributed by atoms with Crippen molar-refractivity contribution in [1.82, 2.24) is 16.0 Å². The Morgan fingerprint density at radius 1 is 0.853 bits per heavy atom. The van der Waals surface area contributed by atoms with E-state index in [4.69, 9.17) is 4.74 Å². The predicted octanol–water partition coefficient (Wildman–Crippen LogP) is 4.22. The van der Waals surface area contributed by atoms with Crippen LogP contribution in [0, 0.1) is 0 Å². The van der Waals surface area contributed by atoms with Gasteiger partial charge >= 0.3 is 6.09 Å². The third-order valence-corrected chi connectivity index (χ3v) is 5.47. The lowest BCUT2D eigenvalue weighted by atomic mass is 10.0. The molecule has 0 saturated heterocycles. The number of amides is 2. The molecule has 34 heavy (non-hydrogen) atoms. The summed E-state index contributed by atoms with van der Waals surface area (Å²) in [5.74, 6) is -0.0921. The molecule has 0 bridgehead atoms. The molecule has 3 aromatic rings. The average molecular weight is 462 g/mol. The van der Waals surface area contributed by atoms with Crippen molar-refractivity contribution in [3.8, 4) is 0 Å². The van der Waals surface area contributed by atoms with Gasteiger partial charge in [-0.3, -0.25) is 4.79 Å². The predicted molar refractivity (Wildman–Crippen MR) is 137 cm³/mol. The van der Waals surface area contributed by atoms with E-state index in [1.54, 1.807) is 7.05 Å². The zero-order valence-electron chi connectivity index (χ0n) is 20.4. The van der Waals surface area contributed by atoms with Gasteiger partial charge in [0.1, 0.15) is 5.60 Å². The van der Waals surface area contributed by atoms with E-state index in [1.165, 1.54) is 5.39 Å². The average Bonchev–Trinajstić information content (AvgIpc) is 2.80. The van der Waals surface area contributed by atoms with Crippen molar-refractivity contribution >= 4 is 22.8 Å². The van der Waals surface area contributed by atoms with E-state index in [9.17, 15) is 9.59 Å². The maximum Gasteiger partial charge on any atom is 0.407 e. The largest absolute Gasteiger partial charge is 0.444 e. The van der Waals surface area contributed by atoms with Crippen molar-refractivity contribution in [2.45, 2.75) is 51.3 Å². The molecular weight excluding hydrogens is 426 g/mol. The summed E-state index contributed by atoms with van der Waals surface area (Å²) >= 11 is 0. The van der Waals surface area contributed by atoms with Gasteiger partial charge in [0.25, 0.3) is 0 Å². The number of nitrogens with one attached hydrogen (secondary N) is 3. The fourth-order valence-electron chi connectivity index (χ4n) is 3.86. The molecule has 6 nitrogen and oxygen atoms in total. The smallest absolute Gasteiger partial charge is 0.407 e. The number of benzene rings is 3. The lowest BCUT2D eigenvalue weighted by molar-refractivity contribution is -0.122. The van der Waals surface area contributed by atoms with Crippen LogP contribution in [0.15, 0.2) is 72.8 Å². The fourth-order valence-corrected chi connectivity index (χ4v) is 3.86. The Balaban J connectivity index is 1.75. The van der Waals surface area contributed by atoms with E-state index in [2.05, 4.69) is 46.3 Å². The molecule has 0 aliphatic carbocycles. The zero-order chi connectivity index (χ0) is 24.6. The number of rotatable bonds is 9. The van der Waals surface area contributed by atoms with Gasteiger partial charge in [0.2, 0.25) is 5.91 Å². The van der Waals surface area contributed by atoms with Gasteiger partial charge in [-0.1, -0.05) is 72.8 Å².